The van der Waals surface area contributed by atoms with E-state index in [0.29, 0.717) is 0 Å². The van der Waals surface area contributed by atoms with Crippen LogP contribution in [0.25, 0.3) is 5.69 Å². The van der Waals surface area contributed by atoms with Crippen molar-refractivity contribution < 1.29 is 0 Å². The molecule has 0 saturated heterocycles. The predicted octanol–water partition coefficient (Wildman–Crippen LogP) is 1.57. The Morgan fingerprint density at radius 3 is 2.65 bits per heavy atom. The maximum absolute atomic E-state index is 4.29. The van der Waals surface area contributed by atoms with Gasteiger partial charge in [-0.2, -0.15) is 9.78 Å². The highest BCUT2D eigenvalue weighted by Crippen LogP contribution is 2.17. The summed E-state index contributed by atoms with van der Waals surface area (Å²) in [5.41, 5.74) is 0.933. The molecule has 2 aromatic heterocycles. The molecular weight excluding hydrogens is 254 g/mol. The van der Waals surface area contributed by atoms with E-state index in [1.54, 1.807) is 9.36 Å². The first-order valence-corrected chi connectivity index (χ1v) is 6.34. The van der Waals surface area contributed by atoms with Crippen molar-refractivity contribution in [1.29, 1.82) is 0 Å². The zero-order valence-corrected chi connectivity index (χ0v) is 11.3. The van der Waals surface area contributed by atoms with Crippen molar-refractivity contribution in [3.05, 3.63) is 48.4 Å². The standard InChI is InChI=1S/C13H15N7/c1-10(14-12-8-9-19(2)16-12)13-15-17-18-20(13)11-6-4-3-5-7-11/h3-10H,1-2H3,(H,14,16)/t10-/m0/s1. The number of para-hydroxylation sites is 1. The van der Waals surface area contributed by atoms with Gasteiger partial charge in [0.05, 0.1) is 11.7 Å². The molecule has 0 aliphatic rings. The Labute approximate surface area is 116 Å². The molecule has 0 unspecified atom stereocenters. The number of nitrogens with one attached hydrogen (secondary N) is 1. The third kappa shape index (κ3) is 2.37. The third-order valence-electron chi connectivity index (χ3n) is 2.96. The van der Waals surface area contributed by atoms with Crippen LogP contribution in [0.5, 0.6) is 0 Å². The first-order chi connectivity index (χ1) is 9.74. The van der Waals surface area contributed by atoms with Crippen LogP contribution < -0.4 is 5.32 Å². The number of aromatic nitrogens is 6. The Morgan fingerprint density at radius 2 is 1.95 bits per heavy atom. The second kappa shape index (κ2) is 5.12. The molecule has 1 aromatic carbocycles. The largest absolute Gasteiger partial charge is 0.359 e. The number of rotatable bonds is 4. The lowest BCUT2D eigenvalue weighted by Gasteiger charge is -2.12. The topological polar surface area (TPSA) is 73.5 Å². The van der Waals surface area contributed by atoms with Gasteiger partial charge in [-0.25, -0.2) is 0 Å². The summed E-state index contributed by atoms with van der Waals surface area (Å²) < 4.78 is 3.47. The molecule has 2 heterocycles. The van der Waals surface area contributed by atoms with Crippen LogP contribution in [0, 0.1) is 0 Å². The highest BCUT2D eigenvalue weighted by atomic mass is 15.5. The first kappa shape index (κ1) is 12.3. The SMILES string of the molecule is C[C@H](Nc1ccn(C)n1)c1nnnn1-c1ccccc1. The molecule has 3 aromatic rings. The van der Waals surface area contributed by atoms with Crippen LogP contribution in [-0.2, 0) is 7.05 Å². The molecule has 20 heavy (non-hydrogen) atoms. The van der Waals surface area contributed by atoms with Gasteiger partial charge in [0.1, 0.15) is 5.82 Å². The molecule has 0 bridgehead atoms. The van der Waals surface area contributed by atoms with Crippen LogP contribution in [-0.4, -0.2) is 30.0 Å². The van der Waals surface area contributed by atoms with Gasteiger partial charge in [0.2, 0.25) is 0 Å². The molecule has 0 radical (unpaired) electrons. The summed E-state index contributed by atoms with van der Waals surface area (Å²) in [5.74, 6) is 1.53. The van der Waals surface area contributed by atoms with Gasteiger partial charge in [-0.15, -0.1) is 5.10 Å². The fourth-order valence-electron chi connectivity index (χ4n) is 2.00. The number of hydrogen-bond donors (Lipinski definition) is 1. The highest BCUT2D eigenvalue weighted by Gasteiger charge is 2.16. The number of benzene rings is 1. The lowest BCUT2D eigenvalue weighted by Crippen LogP contribution is -2.14. The Morgan fingerprint density at radius 1 is 1.15 bits per heavy atom. The van der Waals surface area contributed by atoms with Crippen LogP contribution in [0.2, 0.25) is 0 Å². The average molecular weight is 269 g/mol. The van der Waals surface area contributed by atoms with Gasteiger partial charge >= 0.3 is 0 Å². The monoisotopic (exact) mass is 269 g/mol. The van der Waals surface area contributed by atoms with Crippen molar-refractivity contribution in [3.8, 4) is 5.69 Å². The second-order valence-electron chi connectivity index (χ2n) is 4.53. The number of nitrogens with zero attached hydrogens (tertiary/aromatic N) is 6. The van der Waals surface area contributed by atoms with Gasteiger partial charge in [-0.1, -0.05) is 18.2 Å². The van der Waals surface area contributed by atoms with E-state index in [4.69, 9.17) is 0 Å². The van der Waals surface area contributed by atoms with Crippen LogP contribution in [0.3, 0.4) is 0 Å². The maximum atomic E-state index is 4.29. The van der Waals surface area contributed by atoms with E-state index in [2.05, 4.69) is 25.9 Å². The van der Waals surface area contributed by atoms with Crippen molar-refractivity contribution in [2.45, 2.75) is 13.0 Å². The van der Waals surface area contributed by atoms with E-state index < -0.39 is 0 Å². The molecule has 0 amide bonds. The molecule has 7 heteroatoms. The number of hydrogen-bond acceptors (Lipinski definition) is 5. The minimum Gasteiger partial charge on any atom is -0.359 e. The number of anilines is 1. The number of aryl methyl sites for hydroxylation is 1. The summed E-state index contributed by atoms with van der Waals surface area (Å²) in [7, 11) is 1.88. The molecular formula is C13H15N7. The number of tetrazole rings is 1. The molecule has 0 spiro atoms. The molecule has 0 saturated carbocycles. The van der Waals surface area contributed by atoms with Gasteiger partial charge in [-0.05, 0) is 29.5 Å². The van der Waals surface area contributed by atoms with E-state index in [9.17, 15) is 0 Å². The van der Waals surface area contributed by atoms with Crippen molar-refractivity contribution in [1.82, 2.24) is 30.0 Å². The van der Waals surface area contributed by atoms with E-state index in [1.807, 2.05) is 56.6 Å². The molecule has 0 aliphatic heterocycles. The zero-order chi connectivity index (χ0) is 13.9. The predicted molar refractivity (Wildman–Crippen MR) is 74.4 cm³/mol. The normalized spacial score (nSPS) is 12.3. The van der Waals surface area contributed by atoms with Gasteiger partial charge < -0.3 is 5.32 Å². The fraction of sp³-hybridized carbons (Fsp3) is 0.231. The minimum absolute atomic E-state index is 0.0555. The minimum atomic E-state index is -0.0555. The van der Waals surface area contributed by atoms with Crippen molar-refractivity contribution in [3.63, 3.8) is 0 Å². The first-order valence-electron chi connectivity index (χ1n) is 6.34. The fourth-order valence-corrected chi connectivity index (χ4v) is 2.00. The smallest absolute Gasteiger partial charge is 0.178 e. The van der Waals surface area contributed by atoms with E-state index in [0.717, 1.165) is 17.3 Å². The Balaban J connectivity index is 1.86. The lowest BCUT2D eigenvalue weighted by atomic mass is 10.3. The van der Waals surface area contributed by atoms with E-state index in [1.165, 1.54) is 0 Å². The van der Waals surface area contributed by atoms with Gasteiger partial charge in [0, 0.05) is 19.3 Å². The molecule has 102 valence electrons. The molecule has 7 nitrogen and oxygen atoms in total. The average Bonchev–Trinajstić information content (AvgIpc) is 3.09. The Hall–Kier alpha value is -2.70. The van der Waals surface area contributed by atoms with Gasteiger partial charge in [-0.3, -0.25) is 4.68 Å². The summed E-state index contributed by atoms with van der Waals surface area (Å²) in [4.78, 5) is 0. The van der Waals surface area contributed by atoms with Crippen LogP contribution in [0.4, 0.5) is 5.82 Å². The summed E-state index contributed by atoms with van der Waals surface area (Å²) in [6.45, 7) is 2.00. The van der Waals surface area contributed by atoms with Crippen molar-refractivity contribution >= 4 is 5.82 Å². The molecule has 0 aliphatic carbocycles. The van der Waals surface area contributed by atoms with E-state index in [-0.39, 0.29) is 6.04 Å². The molecule has 0 fully saturated rings. The lowest BCUT2D eigenvalue weighted by molar-refractivity contribution is 0.708. The maximum Gasteiger partial charge on any atom is 0.178 e. The Kier molecular flexibility index (Phi) is 3.16. The zero-order valence-electron chi connectivity index (χ0n) is 11.3. The summed E-state index contributed by atoms with van der Waals surface area (Å²) in [5, 5.41) is 19.5. The highest BCUT2D eigenvalue weighted by molar-refractivity contribution is 5.36. The van der Waals surface area contributed by atoms with Crippen LogP contribution in [0.1, 0.15) is 18.8 Å². The quantitative estimate of drug-likeness (QED) is 0.778. The second-order valence-corrected chi connectivity index (χ2v) is 4.53. The van der Waals surface area contributed by atoms with Gasteiger partial charge in [0.15, 0.2) is 5.82 Å². The molecule has 1 N–H and O–H groups in total. The van der Waals surface area contributed by atoms with Crippen LogP contribution >= 0.6 is 0 Å². The molecule has 3 rings (SSSR count). The third-order valence-corrected chi connectivity index (χ3v) is 2.96. The van der Waals surface area contributed by atoms with Crippen molar-refractivity contribution in [2.75, 3.05) is 5.32 Å². The summed E-state index contributed by atoms with van der Waals surface area (Å²) in [6, 6.07) is 11.7. The summed E-state index contributed by atoms with van der Waals surface area (Å²) >= 11 is 0. The Bertz CT molecular complexity index is 686. The van der Waals surface area contributed by atoms with Crippen molar-refractivity contribution in [2.24, 2.45) is 7.05 Å². The van der Waals surface area contributed by atoms with Crippen LogP contribution in [0.15, 0.2) is 42.6 Å². The summed E-state index contributed by atoms with van der Waals surface area (Å²) in [6.07, 6.45) is 1.88. The van der Waals surface area contributed by atoms with E-state index >= 15 is 0 Å². The van der Waals surface area contributed by atoms with Gasteiger partial charge in [0.25, 0.3) is 0 Å². The molecule has 1 atom stereocenters.